The van der Waals surface area contributed by atoms with Crippen molar-refractivity contribution in [1.82, 2.24) is 4.90 Å². The summed E-state index contributed by atoms with van der Waals surface area (Å²) in [6.45, 7) is 0. The normalized spacial score (nSPS) is 16.3. The van der Waals surface area contributed by atoms with E-state index in [1.165, 1.54) is 6.08 Å². The molecule has 1 aliphatic rings. The van der Waals surface area contributed by atoms with Gasteiger partial charge in [0.25, 0.3) is 0 Å². The summed E-state index contributed by atoms with van der Waals surface area (Å²) in [6.07, 6.45) is 9.63. The fourth-order valence-electron chi connectivity index (χ4n) is 1.11. The van der Waals surface area contributed by atoms with E-state index in [1.54, 1.807) is 30.3 Å². The molecule has 1 heterocycles. The van der Waals surface area contributed by atoms with Crippen LogP contribution in [0.2, 0.25) is 0 Å². The van der Waals surface area contributed by atoms with Gasteiger partial charge >= 0.3 is 11.9 Å². The molecule has 0 aromatic rings. The van der Waals surface area contributed by atoms with Crippen molar-refractivity contribution in [2.75, 3.05) is 7.05 Å². The lowest BCUT2D eigenvalue weighted by Gasteiger charge is -2.17. The molecule has 0 saturated carbocycles. The first-order valence-corrected chi connectivity index (χ1v) is 4.48. The van der Waals surface area contributed by atoms with Crippen molar-refractivity contribution in [3.05, 3.63) is 47.9 Å². The maximum absolute atomic E-state index is 10.6. The van der Waals surface area contributed by atoms with Crippen LogP contribution in [0.4, 0.5) is 0 Å². The maximum atomic E-state index is 10.6. The minimum atomic E-state index is -1.46. The van der Waals surface area contributed by atoms with Gasteiger partial charge in [-0.3, -0.25) is 0 Å². The summed E-state index contributed by atoms with van der Waals surface area (Å²) in [7, 11) is 1.78. The summed E-state index contributed by atoms with van der Waals surface area (Å²) in [6, 6.07) is 0. The molecule has 0 unspecified atom stereocenters. The zero-order valence-corrected chi connectivity index (χ0v) is 8.62. The SMILES string of the molecule is CN1C=CC=CC1=CC=C(C(=O)O)C(=O)O. The van der Waals surface area contributed by atoms with Crippen LogP contribution in [0.1, 0.15) is 0 Å². The van der Waals surface area contributed by atoms with E-state index in [-0.39, 0.29) is 0 Å². The van der Waals surface area contributed by atoms with E-state index < -0.39 is 17.5 Å². The summed E-state index contributed by atoms with van der Waals surface area (Å²) in [5, 5.41) is 17.2. The number of carboxylic acid groups (broad SMARTS) is 2. The smallest absolute Gasteiger partial charge is 0.343 e. The van der Waals surface area contributed by atoms with Crippen molar-refractivity contribution in [2.24, 2.45) is 0 Å². The minimum Gasteiger partial charge on any atom is -0.477 e. The topological polar surface area (TPSA) is 77.8 Å². The van der Waals surface area contributed by atoms with Gasteiger partial charge in [-0.1, -0.05) is 6.08 Å². The molecule has 0 spiro atoms. The molecular formula is C11H11NO4. The van der Waals surface area contributed by atoms with Crippen LogP contribution in [0.3, 0.4) is 0 Å². The molecule has 0 aromatic heterocycles. The van der Waals surface area contributed by atoms with Crippen molar-refractivity contribution in [3.8, 4) is 0 Å². The summed E-state index contributed by atoms with van der Waals surface area (Å²) < 4.78 is 0. The van der Waals surface area contributed by atoms with Gasteiger partial charge in [0.1, 0.15) is 5.57 Å². The Labute approximate surface area is 92.3 Å². The zero-order chi connectivity index (χ0) is 12.1. The lowest BCUT2D eigenvalue weighted by Crippen LogP contribution is -2.12. The lowest BCUT2D eigenvalue weighted by atomic mass is 10.2. The molecule has 0 aliphatic carbocycles. The van der Waals surface area contributed by atoms with Crippen molar-refractivity contribution in [2.45, 2.75) is 0 Å². The molecule has 1 rings (SSSR count). The van der Waals surface area contributed by atoms with Crippen molar-refractivity contribution in [1.29, 1.82) is 0 Å². The Morgan fingerprint density at radius 2 is 1.88 bits per heavy atom. The van der Waals surface area contributed by atoms with E-state index in [4.69, 9.17) is 10.2 Å². The first-order chi connectivity index (χ1) is 7.52. The number of rotatable bonds is 3. The fraction of sp³-hybridized carbons (Fsp3) is 0.0909. The van der Waals surface area contributed by atoms with Crippen molar-refractivity contribution < 1.29 is 19.8 Å². The number of aliphatic carboxylic acids is 2. The number of nitrogens with zero attached hydrogens (tertiary/aromatic N) is 1. The van der Waals surface area contributed by atoms with Crippen LogP contribution in [0.15, 0.2) is 47.9 Å². The van der Waals surface area contributed by atoms with E-state index >= 15 is 0 Å². The molecule has 0 atom stereocenters. The van der Waals surface area contributed by atoms with Gasteiger partial charge in [0.05, 0.1) is 0 Å². The highest BCUT2D eigenvalue weighted by atomic mass is 16.4. The highest BCUT2D eigenvalue weighted by Gasteiger charge is 2.14. The average molecular weight is 221 g/mol. The Morgan fingerprint density at radius 1 is 1.25 bits per heavy atom. The van der Waals surface area contributed by atoms with Crippen LogP contribution in [-0.4, -0.2) is 34.1 Å². The third kappa shape index (κ3) is 2.84. The quantitative estimate of drug-likeness (QED) is 0.422. The molecule has 0 bridgehead atoms. The van der Waals surface area contributed by atoms with E-state index in [1.807, 2.05) is 6.08 Å². The first-order valence-electron chi connectivity index (χ1n) is 4.48. The fourth-order valence-corrected chi connectivity index (χ4v) is 1.11. The van der Waals surface area contributed by atoms with Crippen LogP contribution >= 0.6 is 0 Å². The van der Waals surface area contributed by atoms with E-state index in [0.29, 0.717) is 5.70 Å². The molecular weight excluding hydrogens is 210 g/mol. The minimum absolute atomic E-state index is 0.663. The average Bonchev–Trinajstić information content (AvgIpc) is 2.20. The molecule has 0 saturated heterocycles. The van der Waals surface area contributed by atoms with Crippen LogP contribution in [-0.2, 0) is 9.59 Å². The molecule has 5 heteroatoms. The molecule has 1 aliphatic heterocycles. The van der Waals surface area contributed by atoms with Crippen LogP contribution in [0, 0.1) is 0 Å². The molecule has 2 N–H and O–H groups in total. The first kappa shape index (κ1) is 11.8. The van der Waals surface area contributed by atoms with Gasteiger partial charge in [-0.05, 0) is 24.3 Å². The predicted octanol–water partition coefficient (Wildman–Crippen LogP) is 0.981. The second kappa shape index (κ2) is 4.97. The van der Waals surface area contributed by atoms with Gasteiger partial charge in [0.15, 0.2) is 0 Å². The van der Waals surface area contributed by atoms with Crippen molar-refractivity contribution in [3.63, 3.8) is 0 Å². The number of allylic oxidation sites excluding steroid dienone is 5. The lowest BCUT2D eigenvalue weighted by molar-refractivity contribution is -0.140. The molecule has 0 fully saturated rings. The van der Waals surface area contributed by atoms with Gasteiger partial charge in [0, 0.05) is 18.9 Å². The van der Waals surface area contributed by atoms with Crippen LogP contribution in [0.25, 0.3) is 0 Å². The van der Waals surface area contributed by atoms with E-state index in [9.17, 15) is 9.59 Å². The molecule has 84 valence electrons. The number of likely N-dealkylation sites (N-methyl/N-ethyl adjacent to an activating group) is 1. The van der Waals surface area contributed by atoms with Gasteiger partial charge in [-0.25, -0.2) is 9.59 Å². The Hall–Kier alpha value is -2.30. The summed E-state index contributed by atoms with van der Waals surface area (Å²) in [5.74, 6) is -2.91. The highest BCUT2D eigenvalue weighted by Crippen LogP contribution is 2.10. The van der Waals surface area contributed by atoms with Gasteiger partial charge in [-0.2, -0.15) is 0 Å². The van der Waals surface area contributed by atoms with Gasteiger partial charge in [0.2, 0.25) is 0 Å². The molecule has 16 heavy (non-hydrogen) atoms. The van der Waals surface area contributed by atoms with E-state index in [2.05, 4.69) is 0 Å². The second-order valence-electron chi connectivity index (χ2n) is 3.09. The largest absolute Gasteiger partial charge is 0.477 e. The molecule has 0 amide bonds. The Bertz CT molecular complexity index is 413. The Morgan fingerprint density at radius 3 is 2.38 bits per heavy atom. The molecule has 5 nitrogen and oxygen atoms in total. The van der Waals surface area contributed by atoms with Crippen molar-refractivity contribution >= 4 is 11.9 Å². The van der Waals surface area contributed by atoms with Gasteiger partial charge in [-0.15, -0.1) is 0 Å². The summed E-state index contributed by atoms with van der Waals surface area (Å²) in [5.41, 5.74) is 0.0475. The predicted molar refractivity (Wildman–Crippen MR) is 57.5 cm³/mol. The molecule has 0 radical (unpaired) electrons. The van der Waals surface area contributed by atoms with E-state index in [0.717, 1.165) is 6.08 Å². The third-order valence-electron chi connectivity index (χ3n) is 1.98. The number of carbonyl (C=O) groups is 2. The number of carboxylic acids is 2. The zero-order valence-electron chi connectivity index (χ0n) is 8.62. The Kier molecular flexibility index (Phi) is 3.66. The molecule has 0 aromatic carbocycles. The third-order valence-corrected chi connectivity index (χ3v) is 1.98. The summed E-state index contributed by atoms with van der Waals surface area (Å²) in [4.78, 5) is 22.9. The van der Waals surface area contributed by atoms with Crippen LogP contribution < -0.4 is 0 Å². The second-order valence-corrected chi connectivity index (χ2v) is 3.09. The van der Waals surface area contributed by atoms with Crippen LogP contribution in [0.5, 0.6) is 0 Å². The number of hydrogen-bond acceptors (Lipinski definition) is 3. The monoisotopic (exact) mass is 221 g/mol. The number of hydrogen-bond donors (Lipinski definition) is 2. The maximum Gasteiger partial charge on any atom is 0.343 e. The summed E-state index contributed by atoms with van der Waals surface area (Å²) >= 11 is 0. The highest BCUT2D eigenvalue weighted by molar-refractivity contribution is 6.12. The van der Waals surface area contributed by atoms with Gasteiger partial charge < -0.3 is 15.1 Å². The Balaban J connectivity index is 2.96. The standard InChI is InChI=1S/C11H11NO4/c1-12-7-3-2-4-8(12)5-6-9(10(13)14)11(15)16/h2-7H,1H3,(H,13,14)(H,15,16).